The third-order valence-corrected chi connectivity index (χ3v) is 9.57. The van der Waals surface area contributed by atoms with E-state index in [2.05, 4.69) is 61.3 Å². The van der Waals surface area contributed by atoms with Crippen LogP contribution in [-0.2, 0) is 4.79 Å². The molecule has 4 heteroatoms. The van der Waals surface area contributed by atoms with E-state index >= 15 is 0 Å². The summed E-state index contributed by atoms with van der Waals surface area (Å²) >= 11 is 2.09. The molecule has 3 nitrogen and oxygen atoms in total. The van der Waals surface area contributed by atoms with Crippen molar-refractivity contribution in [1.82, 2.24) is 5.32 Å². The van der Waals surface area contributed by atoms with E-state index in [9.17, 15) is 10.1 Å². The Morgan fingerprint density at radius 3 is 2.50 bits per heavy atom. The second-order valence-corrected chi connectivity index (χ2v) is 11.0. The smallest absolute Gasteiger partial charge is 0.237 e. The molecular formula is C24H30N2OS. The first-order valence-electron chi connectivity index (χ1n) is 11.0. The van der Waals surface area contributed by atoms with Crippen LogP contribution in [0.4, 0.5) is 0 Å². The fourth-order valence-electron chi connectivity index (χ4n) is 7.03. The summed E-state index contributed by atoms with van der Waals surface area (Å²) in [5.41, 5.74) is 1.41. The quantitative estimate of drug-likeness (QED) is 0.786. The third-order valence-electron chi connectivity index (χ3n) is 8.14. The molecule has 4 fully saturated rings. The number of thioether (sulfide) groups is 1. The van der Waals surface area contributed by atoms with Crippen LogP contribution in [0.3, 0.4) is 0 Å². The van der Waals surface area contributed by atoms with E-state index in [1.165, 1.54) is 42.6 Å². The van der Waals surface area contributed by atoms with E-state index in [0.29, 0.717) is 28.9 Å². The predicted octanol–water partition coefficient (Wildman–Crippen LogP) is 4.98. The van der Waals surface area contributed by atoms with Gasteiger partial charge in [0.1, 0.15) is 5.92 Å². The first kappa shape index (κ1) is 18.6. The fourth-order valence-corrected chi connectivity index (χ4v) is 8.42. The molecule has 8 unspecified atom stereocenters. The van der Waals surface area contributed by atoms with Gasteiger partial charge in [0.2, 0.25) is 5.91 Å². The van der Waals surface area contributed by atoms with Crippen molar-refractivity contribution in [3.63, 3.8) is 0 Å². The van der Waals surface area contributed by atoms with Crippen LogP contribution >= 0.6 is 11.8 Å². The summed E-state index contributed by atoms with van der Waals surface area (Å²) in [4.78, 5) is 13.7. The molecule has 1 N–H and O–H groups in total. The van der Waals surface area contributed by atoms with Gasteiger partial charge >= 0.3 is 0 Å². The average molecular weight is 395 g/mol. The average Bonchev–Trinajstić information content (AvgIpc) is 3.19. The molecule has 4 aliphatic rings. The van der Waals surface area contributed by atoms with Crippen molar-refractivity contribution >= 4 is 17.7 Å². The Morgan fingerprint density at radius 2 is 1.79 bits per heavy atom. The molecule has 0 aromatic heterocycles. The number of nitrogens with one attached hydrogen (secondary N) is 1. The fraction of sp³-hybridized carbons (Fsp3) is 0.667. The summed E-state index contributed by atoms with van der Waals surface area (Å²) in [6.07, 6.45) is 6.25. The van der Waals surface area contributed by atoms with Gasteiger partial charge in [-0.1, -0.05) is 32.4 Å². The van der Waals surface area contributed by atoms with Gasteiger partial charge in [-0.05, 0) is 73.0 Å². The highest BCUT2D eigenvalue weighted by atomic mass is 32.2. The highest BCUT2D eigenvalue weighted by molar-refractivity contribution is 8.00. The summed E-state index contributed by atoms with van der Waals surface area (Å²) in [7, 11) is 0. The lowest BCUT2D eigenvalue weighted by atomic mass is 9.63. The maximum absolute atomic E-state index is 12.3. The second kappa shape index (κ2) is 7.10. The standard InChI is InChI=1S/C24H30N2OS/c1-13(2)14-6-8-15(9-7-14)28-20-11-10-17-21-16(20)4-3-5-18(21)23-22(17)19(12-25)24(27)26-23/h6-9,13,16-23H,3-5,10-11H2,1-2H3,(H,26,27). The molecule has 3 aliphatic carbocycles. The molecule has 1 amide bonds. The number of nitriles is 1. The minimum atomic E-state index is -0.408. The van der Waals surface area contributed by atoms with Crippen molar-refractivity contribution in [2.75, 3.05) is 0 Å². The van der Waals surface area contributed by atoms with Crippen molar-refractivity contribution < 1.29 is 4.79 Å². The zero-order chi connectivity index (χ0) is 19.4. The number of nitrogens with zero attached hydrogens (tertiary/aromatic N) is 1. The van der Waals surface area contributed by atoms with E-state index in [1.807, 2.05) is 0 Å². The van der Waals surface area contributed by atoms with Crippen molar-refractivity contribution in [1.29, 1.82) is 5.26 Å². The second-order valence-electron chi connectivity index (χ2n) is 9.68. The molecule has 5 rings (SSSR count). The van der Waals surface area contributed by atoms with Crippen LogP contribution in [0.1, 0.15) is 57.4 Å². The van der Waals surface area contributed by atoms with Gasteiger partial charge in [0, 0.05) is 22.1 Å². The Balaban J connectivity index is 1.37. The van der Waals surface area contributed by atoms with E-state index < -0.39 is 5.92 Å². The van der Waals surface area contributed by atoms with Gasteiger partial charge < -0.3 is 5.32 Å². The summed E-state index contributed by atoms with van der Waals surface area (Å²) < 4.78 is 0. The Bertz CT molecular complexity index is 798. The lowest BCUT2D eigenvalue weighted by molar-refractivity contribution is -0.122. The molecule has 0 bridgehead atoms. The van der Waals surface area contributed by atoms with Gasteiger partial charge in [-0.2, -0.15) is 5.26 Å². The lowest BCUT2D eigenvalue weighted by Gasteiger charge is -2.46. The Morgan fingerprint density at radius 1 is 1.04 bits per heavy atom. The van der Waals surface area contributed by atoms with Crippen LogP contribution in [-0.4, -0.2) is 17.2 Å². The number of carbonyl (C=O) groups excluding carboxylic acids is 1. The molecule has 1 aliphatic heterocycles. The van der Waals surface area contributed by atoms with Crippen LogP contribution in [0.25, 0.3) is 0 Å². The van der Waals surface area contributed by atoms with Crippen molar-refractivity contribution in [2.45, 2.75) is 68.1 Å². The van der Waals surface area contributed by atoms with Gasteiger partial charge in [-0.15, -0.1) is 11.8 Å². The molecule has 0 spiro atoms. The summed E-state index contributed by atoms with van der Waals surface area (Å²) in [6.45, 7) is 4.49. The highest BCUT2D eigenvalue weighted by Gasteiger charge is 2.62. The van der Waals surface area contributed by atoms with Crippen LogP contribution in [0, 0.1) is 46.8 Å². The topological polar surface area (TPSA) is 52.9 Å². The van der Waals surface area contributed by atoms with Gasteiger partial charge in [-0.25, -0.2) is 0 Å². The van der Waals surface area contributed by atoms with E-state index in [0.717, 1.165) is 5.92 Å². The number of benzene rings is 1. The van der Waals surface area contributed by atoms with Crippen LogP contribution in [0.2, 0.25) is 0 Å². The molecule has 28 heavy (non-hydrogen) atoms. The molecule has 1 aromatic carbocycles. The minimum absolute atomic E-state index is 0.000172. The molecular weight excluding hydrogens is 364 g/mol. The van der Waals surface area contributed by atoms with Crippen molar-refractivity contribution in [3.05, 3.63) is 29.8 Å². The van der Waals surface area contributed by atoms with Gasteiger partial charge in [0.25, 0.3) is 0 Å². The summed E-state index contributed by atoms with van der Waals surface area (Å²) in [6, 6.07) is 11.8. The predicted molar refractivity (Wildman–Crippen MR) is 112 cm³/mol. The Kier molecular flexibility index (Phi) is 4.70. The molecule has 8 atom stereocenters. The van der Waals surface area contributed by atoms with Gasteiger partial charge in [0.15, 0.2) is 0 Å². The van der Waals surface area contributed by atoms with Gasteiger partial charge in [-0.3, -0.25) is 4.79 Å². The number of carbonyl (C=O) groups is 1. The molecule has 1 heterocycles. The largest absolute Gasteiger partial charge is 0.352 e. The number of amides is 1. The van der Waals surface area contributed by atoms with E-state index in [1.54, 1.807) is 0 Å². The van der Waals surface area contributed by atoms with E-state index in [-0.39, 0.29) is 17.9 Å². The normalized spacial score (nSPS) is 41.3. The monoisotopic (exact) mass is 394 g/mol. The van der Waals surface area contributed by atoms with Crippen molar-refractivity contribution in [3.8, 4) is 6.07 Å². The summed E-state index contributed by atoms with van der Waals surface area (Å²) in [5.74, 6) is 3.07. The molecule has 1 saturated heterocycles. The zero-order valence-corrected chi connectivity index (χ0v) is 17.6. The lowest BCUT2D eigenvalue weighted by Crippen LogP contribution is -2.43. The third kappa shape index (κ3) is 2.81. The highest BCUT2D eigenvalue weighted by Crippen LogP contribution is 2.61. The number of fused-ring (bicyclic) bond motifs is 3. The molecule has 1 aromatic rings. The number of hydrogen-bond acceptors (Lipinski definition) is 3. The maximum Gasteiger partial charge on any atom is 0.237 e. The minimum Gasteiger partial charge on any atom is -0.352 e. The molecule has 0 radical (unpaired) electrons. The van der Waals surface area contributed by atoms with Crippen LogP contribution in [0.15, 0.2) is 29.2 Å². The maximum atomic E-state index is 12.3. The van der Waals surface area contributed by atoms with Crippen LogP contribution in [0.5, 0.6) is 0 Å². The first-order valence-corrected chi connectivity index (χ1v) is 11.9. The van der Waals surface area contributed by atoms with E-state index in [4.69, 9.17) is 0 Å². The summed E-state index contributed by atoms with van der Waals surface area (Å²) in [5, 5.41) is 13.5. The number of hydrogen-bond donors (Lipinski definition) is 1. The Hall–Kier alpha value is -1.47. The molecule has 3 saturated carbocycles. The van der Waals surface area contributed by atoms with Crippen molar-refractivity contribution in [2.24, 2.45) is 35.5 Å². The first-order chi connectivity index (χ1) is 13.6. The SMILES string of the molecule is CC(C)c1ccc(SC2CCC3C4C2CCCC4C2NC(=O)C(C#N)C32)cc1. The molecule has 148 valence electrons. The number of rotatable bonds is 3. The Labute approximate surface area is 172 Å². The zero-order valence-electron chi connectivity index (χ0n) is 16.8. The van der Waals surface area contributed by atoms with Gasteiger partial charge in [0.05, 0.1) is 6.07 Å². The van der Waals surface area contributed by atoms with Crippen LogP contribution < -0.4 is 5.32 Å².